The SMILES string of the molecule is CCc1cccc2c(C=NNC(=O)Cn3nc(C)cc3C)c[nH]c12. The number of nitrogens with one attached hydrogen (secondary N) is 2. The van der Waals surface area contributed by atoms with E-state index in [0.29, 0.717) is 0 Å². The number of H-pyrrole nitrogens is 1. The number of aromatic nitrogens is 3. The third kappa shape index (κ3) is 3.22. The van der Waals surface area contributed by atoms with E-state index in [1.54, 1.807) is 10.9 Å². The lowest BCUT2D eigenvalue weighted by atomic mass is 10.1. The van der Waals surface area contributed by atoms with Crippen molar-refractivity contribution in [1.82, 2.24) is 20.2 Å². The van der Waals surface area contributed by atoms with Gasteiger partial charge in [0.05, 0.1) is 11.9 Å². The molecule has 3 rings (SSSR count). The van der Waals surface area contributed by atoms with Crippen LogP contribution in [0.2, 0.25) is 0 Å². The first-order valence-electron chi connectivity index (χ1n) is 8.00. The maximum absolute atomic E-state index is 12.0. The summed E-state index contributed by atoms with van der Waals surface area (Å²) in [7, 11) is 0. The summed E-state index contributed by atoms with van der Waals surface area (Å²) in [6.07, 6.45) is 4.53. The van der Waals surface area contributed by atoms with Crippen LogP contribution in [-0.2, 0) is 17.8 Å². The molecule has 24 heavy (non-hydrogen) atoms. The molecule has 1 aromatic carbocycles. The molecule has 0 aliphatic carbocycles. The lowest BCUT2D eigenvalue weighted by Gasteiger charge is -2.02. The largest absolute Gasteiger partial charge is 0.360 e. The highest BCUT2D eigenvalue weighted by Crippen LogP contribution is 2.20. The Kier molecular flexibility index (Phi) is 4.46. The normalized spacial score (nSPS) is 11.5. The second-order valence-corrected chi connectivity index (χ2v) is 5.82. The van der Waals surface area contributed by atoms with E-state index in [9.17, 15) is 4.79 Å². The van der Waals surface area contributed by atoms with Crippen LogP contribution in [-0.4, -0.2) is 26.9 Å². The topological polar surface area (TPSA) is 75.1 Å². The Morgan fingerprint density at radius 3 is 2.96 bits per heavy atom. The van der Waals surface area contributed by atoms with E-state index in [-0.39, 0.29) is 12.5 Å². The minimum absolute atomic E-state index is 0.158. The third-order valence-corrected chi connectivity index (χ3v) is 4.00. The van der Waals surface area contributed by atoms with Gasteiger partial charge in [-0.1, -0.05) is 25.1 Å². The maximum Gasteiger partial charge on any atom is 0.261 e. The van der Waals surface area contributed by atoms with Crippen LogP contribution in [0.15, 0.2) is 35.6 Å². The molecular formula is C18H21N5O. The van der Waals surface area contributed by atoms with E-state index in [2.05, 4.69) is 33.6 Å². The first-order valence-corrected chi connectivity index (χ1v) is 8.00. The van der Waals surface area contributed by atoms with Crippen LogP contribution < -0.4 is 5.43 Å². The van der Waals surface area contributed by atoms with Crippen molar-refractivity contribution >= 4 is 23.0 Å². The van der Waals surface area contributed by atoms with E-state index < -0.39 is 0 Å². The molecule has 0 bridgehead atoms. The lowest BCUT2D eigenvalue weighted by Crippen LogP contribution is -2.24. The molecule has 3 aromatic rings. The summed E-state index contributed by atoms with van der Waals surface area (Å²) in [5.74, 6) is -0.202. The molecule has 2 aromatic heterocycles. The van der Waals surface area contributed by atoms with E-state index in [1.165, 1.54) is 5.56 Å². The van der Waals surface area contributed by atoms with Gasteiger partial charge < -0.3 is 4.98 Å². The molecule has 0 saturated carbocycles. The number of hydrogen-bond donors (Lipinski definition) is 2. The molecule has 0 aliphatic heterocycles. The molecule has 6 heteroatoms. The Bertz CT molecular complexity index is 903. The Morgan fingerprint density at radius 2 is 2.25 bits per heavy atom. The van der Waals surface area contributed by atoms with Gasteiger partial charge in [0, 0.05) is 28.4 Å². The van der Waals surface area contributed by atoms with Gasteiger partial charge in [-0.3, -0.25) is 9.48 Å². The summed E-state index contributed by atoms with van der Waals surface area (Å²) in [5.41, 5.74) is 7.74. The molecule has 0 fully saturated rings. The third-order valence-electron chi connectivity index (χ3n) is 4.00. The van der Waals surface area contributed by atoms with Crippen LogP contribution in [0.5, 0.6) is 0 Å². The van der Waals surface area contributed by atoms with Crippen LogP contribution in [0.3, 0.4) is 0 Å². The summed E-state index contributed by atoms with van der Waals surface area (Å²) in [6.45, 7) is 6.11. The number of hydrogen-bond acceptors (Lipinski definition) is 3. The number of benzene rings is 1. The van der Waals surface area contributed by atoms with Crippen LogP contribution in [0.25, 0.3) is 10.9 Å². The number of carbonyl (C=O) groups is 1. The van der Waals surface area contributed by atoms with Crippen molar-refractivity contribution in [3.8, 4) is 0 Å². The van der Waals surface area contributed by atoms with Crippen molar-refractivity contribution in [1.29, 1.82) is 0 Å². The average Bonchev–Trinajstić information content (AvgIpc) is 3.10. The Morgan fingerprint density at radius 1 is 1.42 bits per heavy atom. The van der Waals surface area contributed by atoms with E-state index in [0.717, 1.165) is 34.3 Å². The van der Waals surface area contributed by atoms with Gasteiger partial charge in [0.25, 0.3) is 5.91 Å². The van der Waals surface area contributed by atoms with Crippen molar-refractivity contribution in [2.75, 3.05) is 0 Å². The zero-order chi connectivity index (χ0) is 17.1. The number of fused-ring (bicyclic) bond motifs is 1. The molecule has 0 atom stereocenters. The minimum atomic E-state index is -0.202. The van der Waals surface area contributed by atoms with Gasteiger partial charge in [-0.05, 0) is 31.9 Å². The molecule has 1 amide bonds. The van der Waals surface area contributed by atoms with Gasteiger partial charge in [-0.2, -0.15) is 10.2 Å². The Labute approximate surface area is 140 Å². The van der Waals surface area contributed by atoms with Crippen molar-refractivity contribution in [3.05, 3.63) is 53.0 Å². The second-order valence-electron chi connectivity index (χ2n) is 5.82. The molecule has 0 aliphatic rings. The van der Waals surface area contributed by atoms with Gasteiger partial charge in [-0.15, -0.1) is 0 Å². The Balaban J connectivity index is 1.68. The highest BCUT2D eigenvalue weighted by atomic mass is 16.2. The van der Waals surface area contributed by atoms with Gasteiger partial charge >= 0.3 is 0 Å². The summed E-state index contributed by atoms with van der Waals surface area (Å²) in [4.78, 5) is 15.3. The fraction of sp³-hybridized carbons (Fsp3) is 0.278. The highest BCUT2D eigenvalue weighted by molar-refractivity contribution is 6.00. The lowest BCUT2D eigenvalue weighted by molar-refractivity contribution is -0.121. The summed E-state index contributed by atoms with van der Waals surface area (Å²) < 4.78 is 1.67. The quantitative estimate of drug-likeness (QED) is 0.559. The van der Waals surface area contributed by atoms with E-state index >= 15 is 0 Å². The number of para-hydroxylation sites is 1. The van der Waals surface area contributed by atoms with Gasteiger partial charge in [0.1, 0.15) is 6.54 Å². The maximum atomic E-state index is 12.0. The Hall–Kier alpha value is -2.89. The monoisotopic (exact) mass is 323 g/mol. The predicted octanol–water partition coefficient (Wildman–Crippen LogP) is 2.69. The molecule has 124 valence electrons. The summed E-state index contributed by atoms with van der Waals surface area (Å²) in [6, 6.07) is 8.13. The highest BCUT2D eigenvalue weighted by Gasteiger charge is 2.07. The molecule has 0 spiro atoms. The zero-order valence-electron chi connectivity index (χ0n) is 14.1. The summed E-state index contributed by atoms with van der Waals surface area (Å²) in [5, 5.41) is 9.44. The molecule has 6 nitrogen and oxygen atoms in total. The van der Waals surface area contributed by atoms with Gasteiger partial charge in [0.15, 0.2) is 0 Å². The standard InChI is InChI=1S/C18H21N5O/c1-4-14-6-5-7-16-15(9-19-18(14)16)10-20-21-17(24)11-23-13(3)8-12(2)22-23/h5-10,19H,4,11H2,1-3H3,(H,21,24). The second kappa shape index (κ2) is 6.70. The molecular weight excluding hydrogens is 302 g/mol. The van der Waals surface area contributed by atoms with Crippen LogP contribution in [0.1, 0.15) is 29.4 Å². The van der Waals surface area contributed by atoms with E-state index in [4.69, 9.17) is 0 Å². The van der Waals surface area contributed by atoms with Crippen molar-refractivity contribution < 1.29 is 4.79 Å². The zero-order valence-corrected chi connectivity index (χ0v) is 14.1. The average molecular weight is 323 g/mol. The van der Waals surface area contributed by atoms with Crippen LogP contribution in [0, 0.1) is 13.8 Å². The summed E-state index contributed by atoms with van der Waals surface area (Å²) >= 11 is 0. The fourth-order valence-electron chi connectivity index (χ4n) is 2.82. The van der Waals surface area contributed by atoms with Gasteiger partial charge in [-0.25, -0.2) is 5.43 Å². The van der Waals surface area contributed by atoms with Crippen LogP contribution in [0.4, 0.5) is 0 Å². The van der Waals surface area contributed by atoms with Crippen molar-refractivity contribution in [3.63, 3.8) is 0 Å². The smallest absolute Gasteiger partial charge is 0.261 e. The number of aromatic amines is 1. The number of amides is 1. The first kappa shape index (κ1) is 16.0. The minimum Gasteiger partial charge on any atom is -0.360 e. The molecule has 0 saturated heterocycles. The molecule has 0 radical (unpaired) electrons. The number of aryl methyl sites for hydroxylation is 3. The molecule has 0 unspecified atom stereocenters. The van der Waals surface area contributed by atoms with Crippen LogP contribution >= 0.6 is 0 Å². The molecule has 2 N–H and O–H groups in total. The fourth-order valence-corrected chi connectivity index (χ4v) is 2.82. The van der Waals surface area contributed by atoms with Crippen molar-refractivity contribution in [2.24, 2.45) is 5.10 Å². The van der Waals surface area contributed by atoms with Gasteiger partial charge in [0.2, 0.25) is 0 Å². The van der Waals surface area contributed by atoms with E-state index in [1.807, 2.05) is 38.2 Å². The predicted molar refractivity (Wildman–Crippen MR) is 95.1 cm³/mol. The molecule has 2 heterocycles. The number of rotatable bonds is 5. The first-order chi connectivity index (χ1) is 11.6. The number of nitrogens with zero attached hydrogens (tertiary/aromatic N) is 3. The van der Waals surface area contributed by atoms with Crippen molar-refractivity contribution in [2.45, 2.75) is 33.7 Å². The number of carbonyl (C=O) groups excluding carboxylic acids is 1. The number of hydrazone groups is 1.